The molecule has 2 rings (SSSR count). The summed E-state index contributed by atoms with van der Waals surface area (Å²) < 4.78 is 0. The molecule has 1 aromatic rings. The van der Waals surface area contributed by atoms with Gasteiger partial charge in [-0.1, -0.05) is 25.7 Å². The molecule has 1 saturated carbocycles. The van der Waals surface area contributed by atoms with Gasteiger partial charge < -0.3 is 10.6 Å². The van der Waals surface area contributed by atoms with Crippen LogP contribution in [0.15, 0.2) is 18.3 Å². The summed E-state index contributed by atoms with van der Waals surface area (Å²) in [6, 6.07) is 3.66. The lowest BCUT2D eigenvalue weighted by molar-refractivity contribution is 0.0947. The van der Waals surface area contributed by atoms with Crippen molar-refractivity contribution >= 4 is 11.6 Å². The van der Waals surface area contributed by atoms with Gasteiger partial charge in [0.15, 0.2) is 0 Å². The van der Waals surface area contributed by atoms with Crippen molar-refractivity contribution in [3.63, 3.8) is 0 Å². The number of carbonyl (C=O) groups excluding carboxylic acids is 1. The smallest absolute Gasteiger partial charge is 0.269 e. The SMILES string of the molecule is CCNc1ccc(C(=O)NCCCC2CCCC2)nc1. The Morgan fingerprint density at radius 1 is 1.35 bits per heavy atom. The number of pyridine rings is 1. The maximum Gasteiger partial charge on any atom is 0.269 e. The van der Waals surface area contributed by atoms with Gasteiger partial charge in [0.25, 0.3) is 5.91 Å². The molecule has 1 amide bonds. The molecule has 4 heteroatoms. The van der Waals surface area contributed by atoms with E-state index in [4.69, 9.17) is 0 Å². The van der Waals surface area contributed by atoms with Gasteiger partial charge in [-0.25, -0.2) is 4.98 Å². The molecule has 1 heterocycles. The molecule has 0 radical (unpaired) electrons. The summed E-state index contributed by atoms with van der Waals surface area (Å²) in [6.45, 7) is 3.64. The molecule has 1 aromatic heterocycles. The van der Waals surface area contributed by atoms with E-state index in [-0.39, 0.29) is 5.91 Å². The van der Waals surface area contributed by atoms with Crippen molar-refractivity contribution in [2.24, 2.45) is 5.92 Å². The zero-order valence-corrected chi connectivity index (χ0v) is 12.3. The molecular formula is C16H25N3O. The van der Waals surface area contributed by atoms with Crippen LogP contribution < -0.4 is 10.6 Å². The third-order valence-electron chi connectivity index (χ3n) is 3.93. The number of amides is 1. The molecule has 1 aliphatic rings. The van der Waals surface area contributed by atoms with E-state index < -0.39 is 0 Å². The number of carbonyl (C=O) groups is 1. The first kappa shape index (κ1) is 14.8. The fourth-order valence-corrected chi connectivity index (χ4v) is 2.82. The first-order chi connectivity index (χ1) is 9.79. The highest BCUT2D eigenvalue weighted by atomic mass is 16.1. The van der Waals surface area contributed by atoms with Gasteiger partial charge >= 0.3 is 0 Å². The van der Waals surface area contributed by atoms with Crippen LogP contribution in [0.1, 0.15) is 55.9 Å². The van der Waals surface area contributed by atoms with Crippen LogP contribution in [0.3, 0.4) is 0 Å². The van der Waals surface area contributed by atoms with Crippen LogP contribution in [0.25, 0.3) is 0 Å². The summed E-state index contributed by atoms with van der Waals surface area (Å²) in [6.07, 6.45) is 9.55. The van der Waals surface area contributed by atoms with Crippen molar-refractivity contribution in [1.82, 2.24) is 10.3 Å². The van der Waals surface area contributed by atoms with Crippen molar-refractivity contribution in [2.45, 2.75) is 45.4 Å². The van der Waals surface area contributed by atoms with Crippen molar-refractivity contribution in [3.05, 3.63) is 24.0 Å². The highest BCUT2D eigenvalue weighted by molar-refractivity contribution is 5.92. The Bertz CT molecular complexity index is 410. The number of nitrogens with one attached hydrogen (secondary N) is 2. The quantitative estimate of drug-likeness (QED) is 0.751. The van der Waals surface area contributed by atoms with Crippen LogP contribution >= 0.6 is 0 Å². The molecule has 2 N–H and O–H groups in total. The van der Waals surface area contributed by atoms with Gasteiger partial charge in [-0.3, -0.25) is 4.79 Å². The second-order valence-corrected chi connectivity index (χ2v) is 5.51. The van der Waals surface area contributed by atoms with E-state index >= 15 is 0 Å². The van der Waals surface area contributed by atoms with Gasteiger partial charge in [0.2, 0.25) is 0 Å². The van der Waals surface area contributed by atoms with Crippen molar-refractivity contribution in [1.29, 1.82) is 0 Å². The van der Waals surface area contributed by atoms with E-state index in [0.29, 0.717) is 5.69 Å². The Kier molecular flexibility index (Phi) is 5.84. The molecule has 0 atom stereocenters. The lowest BCUT2D eigenvalue weighted by Crippen LogP contribution is -2.25. The summed E-state index contributed by atoms with van der Waals surface area (Å²) in [4.78, 5) is 16.1. The van der Waals surface area contributed by atoms with E-state index in [2.05, 4.69) is 15.6 Å². The third kappa shape index (κ3) is 4.51. The van der Waals surface area contributed by atoms with Crippen molar-refractivity contribution in [2.75, 3.05) is 18.4 Å². The lowest BCUT2D eigenvalue weighted by atomic mass is 10.0. The Morgan fingerprint density at radius 3 is 2.80 bits per heavy atom. The summed E-state index contributed by atoms with van der Waals surface area (Å²) in [5.74, 6) is 0.823. The van der Waals surface area contributed by atoms with E-state index in [9.17, 15) is 4.79 Å². The molecular weight excluding hydrogens is 250 g/mol. The predicted octanol–water partition coefficient (Wildman–Crippen LogP) is 3.21. The summed E-state index contributed by atoms with van der Waals surface area (Å²) in [7, 11) is 0. The molecule has 110 valence electrons. The van der Waals surface area contributed by atoms with E-state index in [1.165, 1.54) is 32.1 Å². The number of rotatable bonds is 7. The van der Waals surface area contributed by atoms with Gasteiger partial charge in [-0.15, -0.1) is 0 Å². The minimum atomic E-state index is -0.0699. The van der Waals surface area contributed by atoms with Gasteiger partial charge in [0, 0.05) is 13.1 Å². The molecule has 0 bridgehead atoms. The van der Waals surface area contributed by atoms with Crippen LogP contribution in [0.4, 0.5) is 5.69 Å². The lowest BCUT2D eigenvalue weighted by Gasteiger charge is -2.09. The Morgan fingerprint density at radius 2 is 2.15 bits per heavy atom. The summed E-state index contributed by atoms with van der Waals surface area (Å²) >= 11 is 0. The summed E-state index contributed by atoms with van der Waals surface area (Å²) in [5, 5.41) is 6.12. The average molecular weight is 275 g/mol. The molecule has 1 fully saturated rings. The summed E-state index contributed by atoms with van der Waals surface area (Å²) in [5.41, 5.74) is 1.44. The molecule has 4 nitrogen and oxygen atoms in total. The fourth-order valence-electron chi connectivity index (χ4n) is 2.82. The molecule has 0 saturated heterocycles. The highest BCUT2D eigenvalue weighted by Crippen LogP contribution is 2.28. The molecule has 0 spiro atoms. The average Bonchev–Trinajstić information content (AvgIpc) is 2.98. The monoisotopic (exact) mass is 275 g/mol. The van der Waals surface area contributed by atoms with Crippen molar-refractivity contribution < 1.29 is 4.79 Å². The topological polar surface area (TPSA) is 54.0 Å². The molecule has 0 unspecified atom stereocenters. The number of aromatic nitrogens is 1. The second kappa shape index (κ2) is 7.88. The number of anilines is 1. The first-order valence-corrected chi connectivity index (χ1v) is 7.77. The van der Waals surface area contributed by atoms with Crippen LogP contribution in [0, 0.1) is 5.92 Å². The molecule has 1 aliphatic carbocycles. The van der Waals surface area contributed by atoms with Crippen LogP contribution in [-0.2, 0) is 0 Å². The minimum absolute atomic E-state index is 0.0699. The Labute approximate surface area is 121 Å². The zero-order chi connectivity index (χ0) is 14.2. The Balaban J connectivity index is 1.68. The predicted molar refractivity (Wildman–Crippen MR) is 81.9 cm³/mol. The van der Waals surface area contributed by atoms with Gasteiger partial charge in [0.05, 0.1) is 11.9 Å². The largest absolute Gasteiger partial charge is 0.384 e. The van der Waals surface area contributed by atoms with Crippen LogP contribution in [-0.4, -0.2) is 24.0 Å². The minimum Gasteiger partial charge on any atom is -0.384 e. The van der Waals surface area contributed by atoms with Gasteiger partial charge in [-0.05, 0) is 37.8 Å². The Hall–Kier alpha value is -1.58. The number of hydrogen-bond acceptors (Lipinski definition) is 3. The van der Waals surface area contributed by atoms with E-state index in [1.54, 1.807) is 12.3 Å². The second-order valence-electron chi connectivity index (χ2n) is 5.51. The van der Waals surface area contributed by atoms with E-state index in [1.807, 2.05) is 13.0 Å². The van der Waals surface area contributed by atoms with E-state index in [0.717, 1.165) is 31.1 Å². The normalized spacial score (nSPS) is 15.2. The number of nitrogens with zero attached hydrogens (tertiary/aromatic N) is 1. The molecule has 0 aromatic carbocycles. The van der Waals surface area contributed by atoms with Gasteiger partial charge in [0.1, 0.15) is 5.69 Å². The standard InChI is InChI=1S/C16H25N3O/c1-2-17-14-9-10-15(19-12-14)16(20)18-11-5-8-13-6-3-4-7-13/h9-10,12-13,17H,2-8,11H2,1H3,(H,18,20). The fraction of sp³-hybridized carbons (Fsp3) is 0.625. The third-order valence-corrected chi connectivity index (χ3v) is 3.93. The molecule has 20 heavy (non-hydrogen) atoms. The van der Waals surface area contributed by atoms with Crippen LogP contribution in [0.5, 0.6) is 0 Å². The first-order valence-electron chi connectivity index (χ1n) is 7.77. The van der Waals surface area contributed by atoms with Gasteiger partial charge in [-0.2, -0.15) is 0 Å². The highest BCUT2D eigenvalue weighted by Gasteiger charge is 2.14. The maximum absolute atomic E-state index is 11.9. The zero-order valence-electron chi connectivity index (χ0n) is 12.3. The number of hydrogen-bond donors (Lipinski definition) is 2. The van der Waals surface area contributed by atoms with Crippen molar-refractivity contribution in [3.8, 4) is 0 Å². The molecule has 0 aliphatic heterocycles. The van der Waals surface area contributed by atoms with Crippen LogP contribution in [0.2, 0.25) is 0 Å². The maximum atomic E-state index is 11.9.